The smallest absolute Gasteiger partial charge is 0.307 e. The summed E-state index contributed by atoms with van der Waals surface area (Å²) in [4.78, 5) is 15.5. The number of anilines is 1. The summed E-state index contributed by atoms with van der Waals surface area (Å²) in [5, 5.41) is 12.5. The number of hydrogen-bond donors (Lipinski definition) is 2. The van der Waals surface area contributed by atoms with Gasteiger partial charge in [0.25, 0.3) is 0 Å². The Morgan fingerprint density at radius 1 is 1.14 bits per heavy atom. The molecule has 4 rings (SSSR count). The number of aryl methyl sites for hydroxylation is 2. The van der Waals surface area contributed by atoms with Gasteiger partial charge in [0.15, 0.2) is 0 Å². The zero-order chi connectivity index (χ0) is 25.9. The van der Waals surface area contributed by atoms with Crippen LogP contribution in [-0.4, -0.2) is 43.1 Å². The average molecular weight is 509 g/mol. The summed E-state index contributed by atoms with van der Waals surface area (Å²) in [6.07, 6.45) is 4.13. The van der Waals surface area contributed by atoms with Crippen LogP contribution in [0, 0.1) is 19.8 Å². The fourth-order valence-electron chi connectivity index (χ4n) is 4.54. The molecule has 1 saturated carbocycles. The molecule has 190 valence electrons. The van der Waals surface area contributed by atoms with Gasteiger partial charge in [-0.25, -0.2) is 8.42 Å². The van der Waals surface area contributed by atoms with Gasteiger partial charge in [0.05, 0.1) is 30.2 Å². The number of ether oxygens (including phenoxy) is 1. The quantitative estimate of drug-likeness (QED) is 0.352. The molecule has 0 spiro atoms. The maximum absolute atomic E-state index is 11.3. The van der Waals surface area contributed by atoms with Gasteiger partial charge in [-0.05, 0) is 84.8 Å². The van der Waals surface area contributed by atoms with E-state index in [1.54, 1.807) is 6.20 Å². The maximum Gasteiger partial charge on any atom is 0.307 e. The Balaban J connectivity index is 1.38. The van der Waals surface area contributed by atoms with Crippen molar-refractivity contribution in [2.45, 2.75) is 39.2 Å². The normalized spacial score (nSPS) is 17.0. The van der Waals surface area contributed by atoms with Gasteiger partial charge < -0.3 is 15.2 Å². The second-order valence-electron chi connectivity index (χ2n) is 9.58. The zero-order valence-electron chi connectivity index (χ0n) is 20.8. The van der Waals surface area contributed by atoms with E-state index >= 15 is 0 Å². The minimum atomic E-state index is -2.98. The molecular formula is C28H32N2O5S. The van der Waals surface area contributed by atoms with Crippen LogP contribution in [0.25, 0.3) is 11.1 Å². The monoisotopic (exact) mass is 508 g/mol. The first kappa shape index (κ1) is 25.7. The first-order valence-electron chi connectivity index (χ1n) is 12.0. The van der Waals surface area contributed by atoms with E-state index in [1.807, 2.05) is 30.3 Å². The predicted octanol–water partition coefficient (Wildman–Crippen LogP) is 4.98. The molecule has 0 saturated heterocycles. The molecule has 0 radical (unpaired) electrons. The van der Waals surface area contributed by atoms with Gasteiger partial charge in [-0.15, -0.1) is 0 Å². The number of sulfone groups is 1. The second kappa shape index (κ2) is 10.7. The highest BCUT2D eigenvalue weighted by Gasteiger charge is 2.45. The Hall–Kier alpha value is -3.39. The van der Waals surface area contributed by atoms with E-state index < -0.39 is 15.8 Å². The molecule has 36 heavy (non-hydrogen) atoms. The number of nitrogens with one attached hydrogen (secondary N) is 1. The van der Waals surface area contributed by atoms with E-state index in [2.05, 4.69) is 42.3 Å². The average Bonchev–Trinajstić information content (AvgIpc) is 3.62. The van der Waals surface area contributed by atoms with Crippen LogP contribution in [0.3, 0.4) is 0 Å². The van der Waals surface area contributed by atoms with Crippen molar-refractivity contribution in [3.05, 3.63) is 77.1 Å². The number of carbonyl (C=O) groups is 1. The van der Waals surface area contributed by atoms with Crippen molar-refractivity contribution in [3.8, 4) is 16.9 Å². The largest absolute Gasteiger partial charge is 0.494 e. The van der Waals surface area contributed by atoms with Crippen molar-refractivity contribution in [2.75, 3.05) is 23.9 Å². The number of pyridine rings is 1. The molecule has 0 unspecified atom stereocenters. The van der Waals surface area contributed by atoms with E-state index in [9.17, 15) is 13.2 Å². The van der Waals surface area contributed by atoms with Crippen LogP contribution in [0.4, 0.5) is 5.69 Å². The standard InChI is InChI=1S/C28H32N2O5S/c1-18-12-23(35-10-5-11-36(3,33)34)13-19(2)27(18)21-7-4-6-20(14-21)16-29-22-8-9-26(30-17-22)24-15-25(24)28(31)32/h4,6-9,12-14,17,24-25,29H,5,10-11,15-16H2,1-3H3,(H,31,32)/t24-,25-/m0/s1. The summed E-state index contributed by atoms with van der Waals surface area (Å²) < 4.78 is 28.4. The highest BCUT2D eigenvalue weighted by Crippen LogP contribution is 2.46. The molecule has 0 amide bonds. The molecule has 1 aromatic heterocycles. The van der Waals surface area contributed by atoms with Crippen LogP contribution >= 0.6 is 0 Å². The number of carboxylic acid groups (broad SMARTS) is 1. The third-order valence-electron chi connectivity index (χ3n) is 6.42. The van der Waals surface area contributed by atoms with Gasteiger partial charge in [0.1, 0.15) is 15.6 Å². The number of carboxylic acids is 1. The van der Waals surface area contributed by atoms with Crippen molar-refractivity contribution in [1.82, 2.24) is 4.98 Å². The van der Waals surface area contributed by atoms with Crippen LogP contribution in [0.1, 0.15) is 41.1 Å². The van der Waals surface area contributed by atoms with Crippen LogP contribution in [0.2, 0.25) is 0 Å². The number of rotatable bonds is 11. The predicted molar refractivity (Wildman–Crippen MR) is 141 cm³/mol. The summed E-state index contributed by atoms with van der Waals surface area (Å²) in [6.45, 7) is 5.11. The fraction of sp³-hybridized carbons (Fsp3) is 0.357. The van der Waals surface area contributed by atoms with Crippen molar-refractivity contribution >= 4 is 21.5 Å². The number of aromatic nitrogens is 1. The zero-order valence-corrected chi connectivity index (χ0v) is 21.6. The highest BCUT2D eigenvalue weighted by atomic mass is 32.2. The third-order valence-corrected chi connectivity index (χ3v) is 7.45. The highest BCUT2D eigenvalue weighted by molar-refractivity contribution is 7.90. The van der Waals surface area contributed by atoms with Crippen LogP contribution in [0.5, 0.6) is 5.75 Å². The topological polar surface area (TPSA) is 106 Å². The molecule has 1 heterocycles. The van der Waals surface area contributed by atoms with Crippen molar-refractivity contribution < 1.29 is 23.1 Å². The Labute approximate surface area is 212 Å². The molecule has 1 aliphatic rings. The molecule has 3 aromatic rings. The van der Waals surface area contributed by atoms with Gasteiger partial charge in [-0.2, -0.15) is 0 Å². The lowest BCUT2D eigenvalue weighted by Crippen LogP contribution is -2.08. The molecule has 2 aromatic carbocycles. The second-order valence-corrected chi connectivity index (χ2v) is 11.8. The molecule has 8 heteroatoms. The van der Waals surface area contributed by atoms with E-state index in [0.717, 1.165) is 44.9 Å². The Morgan fingerprint density at radius 2 is 1.89 bits per heavy atom. The third kappa shape index (κ3) is 6.63. The number of hydrogen-bond acceptors (Lipinski definition) is 6. The van der Waals surface area contributed by atoms with E-state index in [4.69, 9.17) is 9.84 Å². The van der Waals surface area contributed by atoms with E-state index in [0.29, 0.717) is 26.0 Å². The molecule has 0 aliphatic heterocycles. The van der Waals surface area contributed by atoms with Crippen molar-refractivity contribution in [1.29, 1.82) is 0 Å². The SMILES string of the molecule is Cc1cc(OCCCS(C)(=O)=O)cc(C)c1-c1cccc(CNc2ccc([C@H]3C[C@@H]3C(=O)O)nc2)c1. The van der Waals surface area contributed by atoms with Crippen molar-refractivity contribution in [3.63, 3.8) is 0 Å². The summed E-state index contributed by atoms with van der Waals surface area (Å²) in [5.41, 5.74) is 7.32. The Bertz CT molecular complexity index is 1330. The van der Waals surface area contributed by atoms with Gasteiger partial charge in [0.2, 0.25) is 0 Å². The molecule has 2 atom stereocenters. The lowest BCUT2D eigenvalue weighted by atomic mass is 9.94. The lowest BCUT2D eigenvalue weighted by Gasteiger charge is -2.15. The molecule has 0 bridgehead atoms. The molecular weight excluding hydrogens is 476 g/mol. The number of nitrogens with zero attached hydrogens (tertiary/aromatic N) is 1. The lowest BCUT2D eigenvalue weighted by molar-refractivity contribution is -0.138. The Morgan fingerprint density at radius 3 is 2.50 bits per heavy atom. The van der Waals surface area contributed by atoms with E-state index in [1.165, 1.54) is 6.26 Å². The van der Waals surface area contributed by atoms with Gasteiger partial charge in [-0.1, -0.05) is 18.2 Å². The summed E-state index contributed by atoms with van der Waals surface area (Å²) in [5.74, 6) is -0.149. The first-order valence-corrected chi connectivity index (χ1v) is 14.1. The van der Waals surface area contributed by atoms with Gasteiger partial charge in [-0.3, -0.25) is 9.78 Å². The minimum Gasteiger partial charge on any atom is -0.494 e. The van der Waals surface area contributed by atoms with Crippen LogP contribution in [-0.2, 0) is 21.2 Å². The van der Waals surface area contributed by atoms with Crippen LogP contribution < -0.4 is 10.1 Å². The molecule has 1 fully saturated rings. The molecule has 2 N–H and O–H groups in total. The maximum atomic E-state index is 11.3. The van der Waals surface area contributed by atoms with Crippen molar-refractivity contribution in [2.24, 2.45) is 5.92 Å². The van der Waals surface area contributed by atoms with Gasteiger partial charge >= 0.3 is 5.97 Å². The molecule has 1 aliphatic carbocycles. The summed E-state index contributed by atoms with van der Waals surface area (Å²) in [6, 6.07) is 16.2. The van der Waals surface area contributed by atoms with Crippen LogP contribution in [0.15, 0.2) is 54.7 Å². The minimum absolute atomic E-state index is 0.0315. The number of benzene rings is 2. The summed E-state index contributed by atoms with van der Waals surface area (Å²) >= 11 is 0. The summed E-state index contributed by atoms with van der Waals surface area (Å²) in [7, 11) is -2.98. The fourth-order valence-corrected chi connectivity index (χ4v) is 5.18. The Kier molecular flexibility index (Phi) is 7.64. The molecule has 7 nitrogen and oxygen atoms in total. The number of aliphatic carboxylic acids is 1. The van der Waals surface area contributed by atoms with E-state index in [-0.39, 0.29) is 17.6 Å². The van der Waals surface area contributed by atoms with Gasteiger partial charge in [0, 0.05) is 24.4 Å². The first-order chi connectivity index (χ1) is 17.1.